The first-order chi connectivity index (χ1) is 9.15. The summed E-state index contributed by atoms with van der Waals surface area (Å²) >= 11 is 0. The van der Waals surface area contributed by atoms with E-state index in [1.54, 1.807) is 19.1 Å². The maximum Gasteiger partial charge on any atom is 0.193 e. The van der Waals surface area contributed by atoms with E-state index in [9.17, 15) is 9.18 Å². The summed E-state index contributed by atoms with van der Waals surface area (Å²) in [5.41, 5.74) is 3.77. The van der Waals surface area contributed by atoms with Crippen LogP contribution in [0, 0.1) is 12.7 Å². The van der Waals surface area contributed by atoms with Gasteiger partial charge in [-0.1, -0.05) is 24.3 Å². The molecule has 0 saturated heterocycles. The maximum absolute atomic E-state index is 13.5. The van der Waals surface area contributed by atoms with Crippen molar-refractivity contribution in [1.29, 1.82) is 0 Å². The van der Waals surface area contributed by atoms with Gasteiger partial charge in [-0.2, -0.15) is 0 Å². The second-order valence-electron chi connectivity index (χ2n) is 4.84. The summed E-state index contributed by atoms with van der Waals surface area (Å²) in [6.45, 7) is 2.59. The second kappa shape index (κ2) is 4.50. The van der Waals surface area contributed by atoms with Gasteiger partial charge in [-0.3, -0.25) is 4.79 Å². The summed E-state index contributed by atoms with van der Waals surface area (Å²) in [7, 11) is 0. The van der Waals surface area contributed by atoms with Crippen molar-refractivity contribution in [3.8, 4) is 0 Å². The molecule has 0 saturated carbocycles. The Bertz CT molecular complexity index is 664. The quantitative estimate of drug-likeness (QED) is 0.834. The SMILES string of the molecule is Cc1ccc(C(=O)c2ccc3c(c2)NCC3)cc1F. The Kier molecular flexibility index (Phi) is 2.82. The van der Waals surface area contributed by atoms with Crippen LogP contribution in [0.1, 0.15) is 27.0 Å². The molecule has 19 heavy (non-hydrogen) atoms. The fraction of sp³-hybridized carbons (Fsp3) is 0.188. The number of anilines is 1. The molecule has 2 aromatic carbocycles. The minimum absolute atomic E-state index is 0.143. The molecular weight excluding hydrogens is 241 g/mol. The van der Waals surface area contributed by atoms with Crippen molar-refractivity contribution < 1.29 is 9.18 Å². The van der Waals surface area contributed by atoms with Crippen LogP contribution in [0.3, 0.4) is 0 Å². The highest BCUT2D eigenvalue weighted by Crippen LogP contribution is 2.24. The van der Waals surface area contributed by atoms with Crippen LogP contribution in [-0.4, -0.2) is 12.3 Å². The highest BCUT2D eigenvalue weighted by Gasteiger charge is 2.15. The monoisotopic (exact) mass is 255 g/mol. The molecule has 0 aromatic heterocycles. The zero-order chi connectivity index (χ0) is 13.4. The third kappa shape index (κ3) is 2.12. The first-order valence-electron chi connectivity index (χ1n) is 6.33. The summed E-state index contributed by atoms with van der Waals surface area (Å²) < 4.78 is 13.5. The molecule has 96 valence electrons. The predicted molar refractivity (Wildman–Crippen MR) is 73.2 cm³/mol. The molecule has 0 bridgehead atoms. The Labute approximate surface area is 111 Å². The second-order valence-corrected chi connectivity index (χ2v) is 4.84. The molecule has 0 radical (unpaired) electrons. The van der Waals surface area contributed by atoms with E-state index in [2.05, 4.69) is 5.32 Å². The van der Waals surface area contributed by atoms with E-state index in [0.717, 1.165) is 18.7 Å². The molecule has 0 atom stereocenters. The molecule has 3 rings (SSSR count). The summed E-state index contributed by atoms with van der Waals surface area (Å²) in [6.07, 6.45) is 0.989. The zero-order valence-corrected chi connectivity index (χ0v) is 10.7. The summed E-state index contributed by atoms with van der Waals surface area (Å²) in [6, 6.07) is 10.2. The first kappa shape index (κ1) is 11.9. The number of benzene rings is 2. The van der Waals surface area contributed by atoms with Gasteiger partial charge in [-0.25, -0.2) is 4.39 Å². The number of halogens is 1. The normalized spacial score (nSPS) is 12.9. The smallest absolute Gasteiger partial charge is 0.193 e. The lowest BCUT2D eigenvalue weighted by molar-refractivity contribution is 0.103. The average Bonchev–Trinajstić information content (AvgIpc) is 2.88. The van der Waals surface area contributed by atoms with Gasteiger partial charge in [0.25, 0.3) is 0 Å². The Morgan fingerprint density at radius 2 is 1.89 bits per heavy atom. The number of nitrogens with one attached hydrogen (secondary N) is 1. The first-order valence-corrected chi connectivity index (χ1v) is 6.33. The topological polar surface area (TPSA) is 29.1 Å². The molecule has 0 aliphatic carbocycles. The number of rotatable bonds is 2. The molecule has 3 heteroatoms. The summed E-state index contributed by atoms with van der Waals surface area (Å²) in [5.74, 6) is -0.486. The molecule has 0 fully saturated rings. The Morgan fingerprint density at radius 1 is 1.16 bits per heavy atom. The van der Waals surface area contributed by atoms with Gasteiger partial charge in [0.15, 0.2) is 5.78 Å². The van der Waals surface area contributed by atoms with Crippen molar-refractivity contribution in [2.75, 3.05) is 11.9 Å². The lowest BCUT2D eigenvalue weighted by Gasteiger charge is -2.06. The minimum Gasteiger partial charge on any atom is -0.384 e. The standard InChI is InChI=1S/C16H14FNO/c1-10-2-3-12(8-14(10)17)16(19)13-5-4-11-6-7-18-15(11)9-13/h2-5,8-9,18H,6-7H2,1H3. The van der Waals surface area contributed by atoms with E-state index in [-0.39, 0.29) is 11.6 Å². The number of ketones is 1. The molecule has 0 spiro atoms. The molecule has 1 heterocycles. The van der Waals surface area contributed by atoms with Crippen molar-refractivity contribution in [2.24, 2.45) is 0 Å². The van der Waals surface area contributed by atoms with Crippen LogP contribution in [0.15, 0.2) is 36.4 Å². The van der Waals surface area contributed by atoms with Gasteiger partial charge in [0.1, 0.15) is 5.82 Å². The molecule has 1 aliphatic heterocycles. The van der Waals surface area contributed by atoms with Gasteiger partial charge in [-0.15, -0.1) is 0 Å². The van der Waals surface area contributed by atoms with E-state index < -0.39 is 0 Å². The van der Waals surface area contributed by atoms with Crippen LogP contribution in [0.4, 0.5) is 10.1 Å². The van der Waals surface area contributed by atoms with Crippen LogP contribution >= 0.6 is 0 Å². The lowest BCUT2D eigenvalue weighted by atomic mass is 10.00. The summed E-state index contributed by atoms with van der Waals surface area (Å²) in [5, 5.41) is 3.24. The van der Waals surface area contributed by atoms with E-state index >= 15 is 0 Å². The highest BCUT2D eigenvalue weighted by molar-refractivity contribution is 6.09. The van der Waals surface area contributed by atoms with Gasteiger partial charge in [-0.05, 0) is 36.6 Å². The third-order valence-electron chi connectivity index (χ3n) is 3.52. The van der Waals surface area contributed by atoms with Crippen LogP contribution < -0.4 is 5.32 Å². The Hall–Kier alpha value is -2.16. The lowest BCUT2D eigenvalue weighted by Crippen LogP contribution is -2.03. The molecule has 2 nitrogen and oxygen atoms in total. The zero-order valence-electron chi connectivity index (χ0n) is 10.7. The van der Waals surface area contributed by atoms with Gasteiger partial charge in [0, 0.05) is 23.4 Å². The summed E-state index contributed by atoms with van der Waals surface area (Å²) in [4.78, 5) is 12.3. The number of aryl methyl sites for hydroxylation is 1. The third-order valence-corrected chi connectivity index (χ3v) is 3.52. The van der Waals surface area contributed by atoms with Crippen LogP contribution in [0.2, 0.25) is 0 Å². The molecule has 2 aromatic rings. The minimum atomic E-state index is -0.342. The van der Waals surface area contributed by atoms with Crippen LogP contribution in [0.25, 0.3) is 0 Å². The number of fused-ring (bicyclic) bond motifs is 1. The van der Waals surface area contributed by atoms with E-state index in [4.69, 9.17) is 0 Å². The maximum atomic E-state index is 13.5. The van der Waals surface area contributed by atoms with Gasteiger partial charge >= 0.3 is 0 Å². The number of carbonyl (C=O) groups excluding carboxylic acids is 1. The van der Waals surface area contributed by atoms with Crippen molar-refractivity contribution in [3.63, 3.8) is 0 Å². The number of carbonyl (C=O) groups is 1. The van der Waals surface area contributed by atoms with Crippen molar-refractivity contribution in [2.45, 2.75) is 13.3 Å². The van der Waals surface area contributed by atoms with Crippen LogP contribution in [0.5, 0.6) is 0 Å². The average molecular weight is 255 g/mol. The number of hydrogen-bond donors (Lipinski definition) is 1. The Balaban J connectivity index is 1.97. The molecular formula is C16H14FNO. The molecule has 1 aliphatic rings. The highest BCUT2D eigenvalue weighted by atomic mass is 19.1. The van der Waals surface area contributed by atoms with Gasteiger partial charge in [0.05, 0.1) is 0 Å². The van der Waals surface area contributed by atoms with Crippen LogP contribution in [-0.2, 0) is 6.42 Å². The van der Waals surface area contributed by atoms with E-state index in [1.165, 1.54) is 11.6 Å². The molecule has 0 amide bonds. The fourth-order valence-electron chi connectivity index (χ4n) is 2.33. The largest absolute Gasteiger partial charge is 0.384 e. The van der Waals surface area contributed by atoms with Crippen molar-refractivity contribution in [3.05, 3.63) is 64.5 Å². The molecule has 0 unspecified atom stereocenters. The number of hydrogen-bond acceptors (Lipinski definition) is 2. The van der Waals surface area contributed by atoms with Crippen molar-refractivity contribution >= 4 is 11.5 Å². The van der Waals surface area contributed by atoms with Crippen molar-refractivity contribution in [1.82, 2.24) is 0 Å². The van der Waals surface area contributed by atoms with E-state index in [0.29, 0.717) is 16.7 Å². The van der Waals surface area contributed by atoms with Gasteiger partial charge < -0.3 is 5.32 Å². The molecule has 1 N–H and O–H groups in total. The van der Waals surface area contributed by atoms with Gasteiger partial charge in [0.2, 0.25) is 0 Å². The van der Waals surface area contributed by atoms with E-state index in [1.807, 2.05) is 18.2 Å². The Morgan fingerprint density at radius 3 is 2.68 bits per heavy atom. The fourth-order valence-corrected chi connectivity index (χ4v) is 2.33. The predicted octanol–water partition coefficient (Wildman–Crippen LogP) is 3.33.